The van der Waals surface area contributed by atoms with Gasteiger partial charge >= 0.3 is 5.97 Å². The second-order valence-electron chi connectivity index (χ2n) is 5.79. The van der Waals surface area contributed by atoms with Crippen molar-refractivity contribution in [2.75, 3.05) is 32.5 Å². The normalized spacial score (nSPS) is 15.9. The van der Waals surface area contributed by atoms with Crippen LogP contribution in [0.2, 0.25) is 0 Å². The van der Waals surface area contributed by atoms with Gasteiger partial charge in [0, 0.05) is 12.6 Å². The molecule has 4 N–H and O–H groups in total. The molecule has 1 aliphatic heterocycles. The van der Waals surface area contributed by atoms with Gasteiger partial charge in [-0.15, -0.1) is 11.3 Å². The molecule has 0 spiro atoms. The minimum Gasteiger partial charge on any atom is -0.462 e. The maximum atomic E-state index is 12.3. The van der Waals surface area contributed by atoms with Crippen LogP contribution in [-0.2, 0) is 11.3 Å². The van der Waals surface area contributed by atoms with E-state index in [1.54, 1.807) is 14.0 Å². The van der Waals surface area contributed by atoms with Gasteiger partial charge in [0.25, 0.3) is 5.91 Å². The summed E-state index contributed by atoms with van der Waals surface area (Å²) < 4.78 is 5.14. The van der Waals surface area contributed by atoms with Gasteiger partial charge in [-0.1, -0.05) is 0 Å². The maximum Gasteiger partial charge on any atom is 0.341 e. The molecular formula is C16H26N3O3S+. The fourth-order valence-corrected chi connectivity index (χ4v) is 4.05. The maximum absolute atomic E-state index is 12.3. The molecule has 2 rings (SSSR count). The molecule has 0 radical (unpaired) electrons. The molecule has 0 aliphatic carbocycles. The van der Waals surface area contributed by atoms with Crippen molar-refractivity contribution in [1.82, 2.24) is 5.32 Å². The van der Waals surface area contributed by atoms with Crippen LogP contribution in [0.4, 0.5) is 5.00 Å². The molecule has 7 heteroatoms. The summed E-state index contributed by atoms with van der Waals surface area (Å²) >= 11 is 1.17. The highest BCUT2D eigenvalue weighted by molar-refractivity contribution is 7.18. The SMILES string of the molecule is CCOC(=O)c1c(N)sc(C(=O)NC)c1C[NH+]1CCCCCC1. The van der Waals surface area contributed by atoms with Crippen LogP contribution < -0.4 is 16.0 Å². The van der Waals surface area contributed by atoms with Crippen LogP contribution in [0.1, 0.15) is 58.2 Å². The lowest BCUT2D eigenvalue weighted by molar-refractivity contribution is -0.913. The van der Waals surface area contributed by atoms with Gasteiger partial charge in [-0.3, -0.25) is 4.79 Å². The number of nitrogens with one attached hydrogen (secondary N) is 2. The fraction of sp³-hybridized carbons (Fsp3) is 0.625. The Morgan fingerprint density at radius 2 is 1.91 bits per heavy atom. The number of likely N-dealkylation sites (tertiary alicyclic amines) is 1. The van der Waals surface area contributed by atoms with Gasteiger partial charge in [0.05, 0.1) is 19.7 Å². The van der Waals surface area contributed by atoms with Crippen LogP contribution >= 0.6 is 11.3 Å². The van der Waals surface area contributed by atoms with Crippen molar-refractivity contribution in [2.24, 2.45) is 0 Å². The third-order valence-corrected chi connectivity index (χ3v) is 5.24. The van der Waals surface area contributed by atoms with Crippen LogP contribution in [0.5, 0.6) is 0 Å². The predicted octanol–water partition coefficient (Wildman–Crippen LogP) is 0.826. The number of thiophene rings is 1. The average Bonchev–Trinajstić information content (AvgIpc) is 2.70. The van der Waals surface area contributed by atoms with Gasteiger partial charge in [0.2, 0.25) is 0 Å². The van der Waals surface area contributed by atoms with E-state index in [9.17, 15) is 9.59 Å². The Bertz CT molecular complexity index is 563. The van der Waals surface area contributed by atoms with Crippen molar-refractivity contribution in [1.29, 1.82) is 0 Å². The van der Waals surface area contributed by atoms with E-state index in [4.69, 9.17) is 10.5 Å². The third-order valence-electron chi connectivity index (χ3n) is 4.18. The van der Waals surface area contributed by atoms with Crippen molar-refractivity contribution in [3.63, 3.8) is 0 Å². The summed E-state index contributed by atoms with van der Waals surface area (Å²) in [6, 6.07) is 0. The monoisotopic (exact) mass is 340 g/mol. The lowest BCUT2D eigenvalue weighted by atomic mass is 10.1. The topological polar surface area (TPSA) is 85.9 Å². The number of nitrogen functional groups attached to an aromatic ring is 1. The molecule has 0 unspecified atom stereocenters. The zero-order valence-electron chi connectivity index (χ0n) is 13.9. The molecule has 1 fully saturated rings. The molecule has 0 saturated carbocycles. The molecule has 1 aromatic heterocycles. The quantitative estimate of drug-likeness (QED) is 0.693. The first-order valence-electron chi connectivity index (χ1n) is 8.22. The number of rotatable bonds is 5. The Morgan fingerprint density at radius 1 is 1.26 bits per heavy atom. The zero-order valence-corrected chi connectivity index (χ0v) is 14.7. The van der Waals surface area contributed by atoms with E-state index in [2.05, 4.69) is 5.32 Å². The standard InChI is InChI=1S/C16H25N3O3S/c1-3-22-16(21)12-11(10-19-8-6-4-5-7-9-19)13(15(20)18-2)23-14(12)17/h3-10,17H2,1-2H3,(H,18,20)/p+1. The molecule has 1 amide bonds. The highest BCUT2D eigenvalue weighted by Gasteiger charge is 2.29. The minimum atomic E-state index is -0.430. The molecule has 1 aromatic rings. The van der Waals surface area contributed by atoms with Crippen molar-refractivity contribution in [3.8, 4) is 0 Å². The summed E-state index contributed by atoms with van der Waals surface area (Å²) in [7, 11) is 1.59. The van der Waals surface area contributed by atoms with Gasteiger partial charge in [0.15, 0.2) is 0 Å². The van der Waals surface area contributed by atoms with E-state index in [0.29, 0.717) is 28.6 Å². The van der Waals surface area contributed by atoms with Crippen molar-refractivity contribution >= 4 is 28.2 Å². The van der Waals surface area contributed by atoms with E-state index < -0.39 is 5.97 Å². The van der Waals surface area contributed by atoms with Crippen LogP contribution in [0.3, 0.4) is 0 Å². The highest BCUT2D eigenvalue weighted by atomic mass is 32.1. The van der Waals surface area contributed by atoms with E-state index in [0.717, 1.165) is 18.7 Å². The Labute approximate surface area is 141 Å². The molecule has 0 bridgehead atoms. The largest absolute Gasteiger partial charge is 0.462 e. The zero-order chi connectivity index (χ0) is 16.8. The molecule has 1 aliphatic rings. The van der Waals surface area contributed by atoms with E-state index in [1.165, 1.54) is 41.9 Å². The summed E-state index contributed by atoms with van der Waals surface area (Å²) in [4.78, 5) is 26.4. The van der Waals surface area contributed by atoms with Gasteiger partial charge < -0.3 is 20.7 Å². The second-order valence-corrected chi connectivity index (χ2v) is 6.84. The third kappa shape index (κ3) is 4.23. The molecular weight excluding hydrogens is 314 g/mol. The number of quaternary nitrogens is 1. The second kappa shape index (κ2) is 8.31. The van der Waals surface area contributed by atoms with Crippen LogP contribution in [0.25, 0.3) is 0 Å². The molecule has 128 valence electrons. The first-order valence-corrected chi connectivity index (χ1v) is 9.04. The molecule has 0 atom stereocenters. The van der Waals surface area contributed by atoms with E-state index in [1.807, 2.05) is 0 Å². The molecule has 6 nitrogen and oxygen atoms in total. The Morgan fingerprint density at radius 3 is 2.48 bits per heavy atom. The number of anilines is 1. The van der Waals surface area contributed by atoms with Crippen molar-refractivity contribution < 1.29 is 19.2 Å². The Balaban J connectivity index is 2.35. The highest BCUT2D eigenvalue weighted by Crippen LogP contribution is 2.31. The summed E-state index contributed by atoms with van der Waals surface area (Å²) in [5.74, 6) is -0.623. The summed E-state index contributed by atoms with van der Waals surface area (Å²) in [5, 5.41) is 3.00. The average molecular weight is 340 g/mol. The first kappa shape index (κ1) is 17.7. The molecule has 23 heavy (non-hydrogen) atoms. The van der Waals surface area contributed by atoms with Crippen LogP contribution in [0.15, 0.2) is 0 Å². The van der Waals surface area contributed by atoms with Crippen LogP contribution in [-0.4, -0.2) is 38.6 Å². The summed E-state index contributed by atoms with van der Waals surface area (Å²) in [5.41, 5.74) is 7.15. The lowest BCUT2D eigenvalue weighted by Gasteiger charge is -2.18. The number of carbonyl (C=O) groups is 2. The number of hydrogen-bond donors (Lipinski definition) is 3. The fourth-order valence-electron chi connectivity index (χ4n) is 3.03. The number of carbonyl (C=O) groups excluding carboxylic acids is 2. The van der Waals surface area contributed by atoms with Gasteiger partial charge in [-0.05, 0) is 32.6 Å². The number of amides is 1. The van der Waals surface area contributed by atoms with Gasteiger partial charge in [-0.2, -0.15) is 0 Å². The number of ether oxygens (including phenoxy) is 1. The Hall–Kier alpha value is -1.60. The summed E-state index contributed by atoms with van der Waals surface area (Å²) in [6.07, 6.45) is 4.86. The van der Waals surface area contributed by atoms with E-state index in [-0.39, 0.29) is 5.91 Å². The molecule has 2 heterocycles. The smallest absolute Gasteiger partial charge is 0.341 e. The first-order chi connectivity index (χ1) is 11.1. The van der Waals surface area contributed by atoms with Crippen molar-refractivity contribution in [3.05, 3.63) is 16.0 Å². The van der Waals surface area contributed by atoms with E-state index >= 15 is 0 Å². The molecule has 1 saturated heterocycles. The lowest BCUT2D eigenvalue weighted by Crippen LogP contribution is -3.10. The number of nitrogens with two attached hydrogens (primary N) is 1. The Kier molecular flexibility index (Phi) is 6.41. The molecule has 0 aromatic carbocycles. The number of esters is 1. The van der Waals surface area contributed by atoms with Gasteiger partial charge in [-0.25, -0.2) is 4.79 Å². The minimum absolute atomic E-state index is 0.193. The van der Waals surface area contributed by atoms with Gasteiger partial charge in [0.1, 0.15) is 22.0 Å². The van der Waals surface area contributed by atoms with Crippen molar-refractivity contribution in [2.45, 2.75) is 39.2 Å². The number of hydrogen-bond acceptors (Lipinski definition) is 5. The predicted molar refractivity (Wildman–Crippen MR) is 90.9 cm³/mol. The van der Waals surface area contributed by atoms with Crippen LogP contribution in [0, 0.1) is 0 Å². The summed E-state index contributed by atoms with van der Waals surface area (Å²) in [6.45, 7) is 4.82.